The first-order valence-corrected chi connectivity index (χ1v) is 14.3. The lowest BCUT2D eigenvalue weighted by atomic mass is 9.94. The first-order valence-electron chi connectivity index (χ1n) is 13.4. The minimum absolute atomic E-state index is 0.119. The fraction of sp³-hybridized carbons (Fsp3) is 0.323. The van der Waals surface area contributed by atoms with Crippen molar-refractivity contribution in [2.75, 3.05) is 27.3 Å². The first-order chi connectivity index (χ1) is 19.4. The Morgan fingerprint density at radius 2 is 1.50 bits per heavy atom. The van der Waals surface area contributed by atoms with E-state index in [9.17, 15) is 14.4 Å². The molecule has 0 bridgehead atoms. The number of methoxy groups -OCH3 is 2. The molecular weight excluding hydrogens is 526 g/mol. The van der Waals surface area contributed by atoms with Gasteiger partial charge in [-0.2, -0.15) is 0 Å². The maximum Gasteiger partial charge on any atom is 0.255 e. The predicted molar refractivity (Wildman–Crippen MR) is 152 cm³/mol. The van der Waals surface area contributed by atoms with E-state index in [4.69, 9.17) is 9.47 Å². The molecule has 6 rings (SSSR count). The summed E-state index contributed by atoms with van der Waals surface area (Å²) in [5, 5.41) is 2.78. The molecular formula is C31H31N3O5S. The van der Waals surface area contributed by atoms with Gasteiger partial charge in [-0.15, -0.1) is 11.8 Å². The third-order valence-electron chi connectivity index (χ3n) is 7.90. The van der Waals surface area contributed by atoms with Gasteiger partial charge in [-0.3, -0.25) is 24.6 Å². The van der Waals surface area contributed by atoms with Gasteiger partial charge in [0, 0.05) is 41.8 Å². The van der Waals surface area contributed by atoms with Crippen LogP contribution in [0, 0.1) is 0 Å². The van der Waals surface area contributed by atoms with E-state index in [1.807, 2.05) is 48.2 Å². The summed E-state index contributed by atoms with van der Waals surface area (Å²) in [7, 11) is 3.35. The molecule has 0 aromatic heterocycles. The largest absolute Gasteiger partial charge is 0.497 e. The van der Waals surface area contributed by atoms with Crippen molar-refractivity contribution in [1.29, 1.82) is 0 Å². The Morgan fingerprint density at radius 3 is 2.08 bits per heavy atom. The highest BCUT2D eigenvalue weighted by Gasteiger charge is 2.40. The van der Waals surface area contributed by atoms with Crippen LogP contribution in [0.25, 0.3) is 0 Å². The zero-order valence-electron chi connectivity index (χ0n) is 22.5. The second-order valence-electron chi connectivity index (χ2n) is 10.4. The molecule has 206 valence electrons. The van der Waals surface area contributed by atoms with E-state index >= 15 is 0 Å². The standard InChI is InChI=1S/C31H31N3O5S/c1-38-22-7-3-19(4-8-22)29(20-5-9-23(39-2)10-6-20)33-17-25(18-33)40-24-11-12-26-21(15-24)16-34(31(26)37)27-13-14-28(35)32-30(27)36/h3-12,15,25,27,29H,13-14,16-18H2,1-2H3,(H,32,35,36). The number of carbonyl (C=O) groups is 3. The Hall–Kier alpha value is -3.82. The Kier molecular flexibility index (Phi) is 7.25. The summed E-state index contributed by atoms with van der Waals surface area (Å²) in [5.41, 5.74) is 3.99. The highest BCUT2D eigenvalue weighted by molar-refractivity contribution is 8.00. The summed E-state index contributed by atoms with van der Waals surface area (Å²) in [5.74, 6) is 0.864. The average molecular weight is 558 g/mol. The van der Waals surface area contributed by atoms with Crippen molar-refractivity contribution in [1.82, 2.24) is 15.1 Å². The molecule has 1 N–H and O–H groups in total. The summed E-state index contributed by atoms with van der Waals surface area (Å²) in [6.45, 7) is 2.24. The first kappa shape index (κ1) is 26.4. The molecule has 2 saturated heterocycles. The summed E-state index contributed by atoms with van der Waals surface area (Å²) < 4.78 is 10.7. The van der Waals surface area contributed by atoms with Crippen molar-refractivity contribution in [3.05, 3.63) is 89.0 Å². The maximum atomic E-state index is 13.0. The molecule has 9 heteroatoms. The molecule has 2 fully saturated rings. The number of fused-ring (bicyclic) bond motifs is 1. The van der Waals surface area contributed by atoms with Crippen LogP contribution < -0.4 is 14.8 Å². The quantitative estimate of drug-likeness (QED) is 0.419. The molecule has 1 atom stereocenters. The lowest BCUT2D eigenvalue weighted by Crippen LogP contribution is -2.52. The van der Waals surface area contributed by atoms with Crippen LogP contribution in [0.1, 0.15) is 45.9 Å². The maximum absolute atomic E-state index is 13.0. The average Bonchev–Trinajstić information content (AvgIpc) is 3.27. The Balaban J connectivity index is 1.14. The Morgan fingerprint density at radius 1 is 0.875 bits per heavy atom. The number of ether oxygens (including phenoxy) is 2. The van der Waals surface area contributed by atoms with Gasteiger partial charge in [0.15, 0.2) is 0 Å². The van der Waals surface area contributed by atoms with Crippen molar-refractivity contribution in [3.8, 4) is 11.5 Å². The lowest BCUT2D eigenvalue weighted by Gasteiger charge is -2.44. The van der Waals surface area contributed by atoms with Gasteiger partial charge in [-0.25, -0.2) is 0 Å². The number of hydrogen-bond acceptors (Lipinski definition) is 7. The second kappa shape index (κ2) is 11.0. The van der Waals surface area contributed by atoms with E-state index in [2.05, 4.69) is 40.5 Å². The van der Waals surface area contributed by atoms with E-state index in [0.717, 1.165) is 35.0 Å². The summed E-state index contributed by atoms with van der Waals surface area (Å²) in [6.07, 6.45) is 0.622. The minimum Gasteiger partial charge on any atom is -0.497 e. The Labute approximate surface area is 237 Å². The van der Waals surface area contributed by atoms with Crippen LogP contribution in [0.3, 0.4) is 0 Å². The molecule has 0 radical (unpaired) electrons. The second-order valence-corrected chi connectivity index (χ2v) is 11.7. The van der Waals surface area contributed by atoms with E-state index in [0.29, 0.717) is 23.8 Å². The molecule has 3 heterocycles. The van der Waals surface area contributed by atoms with Crippen LogP contribution in [-0.2, 0) is 16.1 Å². The topological polar surface area (TPSA) is 88.2 Å². The van der Waals surface area contributed by atoms with Gasteiger partial charge in [0.2, 0.25) is 11.8 Å². The number of amides is 3. The summed E-state index contributed by atoms with van der Waals surface area (Å²) in [6, 6.07) is 22.0. The molecule has 3 aromatic rings. The lowest BCUT2D eigenvalue weighted by molar-refractivity contribution is -0.136. The number of likely N-dealkylation sites (tertiary alicyclic amines) is 1. The SMILES string of the molecule is COc1ccc(C(c2ccc(OC)cc2)N2CC(Sc3ccc4c(c3)CN(C3CCC(=O)NC3=O)C4=O)C2)cc1. The zero-order valence-corrected chi connectivity index (χ0v) is 23.3. The van der Waals surface area contributed by atoms with Gasteiger partial charge in [0.05, 0.1) is 20.3 Å². The zero-order chi connectivity index (χ0) is 27.8. The fourth-order valence-corrected chi connectivity index (χ4v) is 7.03. The normalized spacial score (nSPS) is 19.4. The molecule has 0 spiro atoms. The van der Waals surface area contributed by atoms with Gasteiger partial charge in [-0.1, -0.05) is 24.3 Å². The van der Waals surface area contributed by atoms with Gasteiger partial charge in [-0.05, 0) is 65.6 Å². The molecule has 0 saturated carbocycles. The van der Waals surface area contributed by atoms with E-state index in [1.54, 1.807) is 19.1 Å². The van der Waals surface area contributed by atoms with Crippen LogP contribution in [0.4, 0.5) is 0 Å². The number of hydrogen-bond donors (Lipinski definition) is 1. The van der Waals surface area contributed by atoms with Crippen LogP contribution in [0.2, 0.25) is 0 Å². The molecule has 3 amide bonds. The number of nitrogens with one attached hydrogen (secondary N) is 1. The van der Waals surface area contributed by atoms with E-state index < -0.39 is 6.04 Å². The van der Waals surface area contributed by atoms with Crippen molar-refractivity contribution >= 4 is 29.5 Å². The number of benzene rings is 3. The third-order valence-corrected chi connectivity index (χ3v) is 9.06. The van der Waals surface area contributed by atoms with Gasteiger partial charge in [0.1, 0.15) is 17.5 Å². The fourth-order valence-electron chi connectivity index (χ4n) is 5.76. The molecule has 3 aliphatic rings. The predicted octanol–water partition coefficient (Wildman–Crippen LogP) is 4.03. The number of thioether (sulfide) groups is 1. The Bertz CT molecular complexity index is 1390. The van der Waals surface area contributed by atoms with Crippen LogP contribution in [0.15, 0.2) is 71.6 Å². The number of rotatable bonds is 8. The molecule has 3 aliphatic heterocycles. The van der Waals surface area contributed by atoms with Gasteiger partial charge < -0.3 is 14.4 Å². The smallest absolute Gasteiger partial charge is 0.255 e. The van der Waals surface area contributed by atoms with Crippen LogP contribution in [-0.4, -0.2) is 66.1 Å². The monoisotopic (exact) mass is 557 g/mol. The van der Waals surface area contributed by atoms with E-state index in [-0.39, 0.29) is 30.2 Å². The van der Waals surface area contributed by atoms with Crippen molar-refractivity contribution in [2.24, 2.45) is 0 Å². The van der Waals surface area contributed by atoms with Crippen LogP contribution in [0.5, 0.6) is 11.5 Å². The minimum atomic E-state index is -0.596. The molecule has 40 heavy (non-hydrogen) atoms. The highest BCUT2D eigenvalue weighted by Crippen LogP contribution is 2.40. The third kappa shape index (κ3) is 5.07. The molecule has 3 aromatic carbocycles. The molecule has 1 unspecified atom stereocenters. The van der Waals surface area contributed by atoms with Gasteiger partial charge in [0.25, 0.3) is 5.91 Å². The van der Waals surface area contributed by atoms with Crippen molar-refractivity contribution in [3.63, 3.8) is 0 Å². The number of nitrogens with zero attached hydrogens (tertiary/aromatic N) is 2. The van der Waals surface area contributed by atoms with Crippen LogP contribution >= 0.6 is 11.8 Å². The number of imide groups is 1. The summed E-state index contributed by atoms with van der Waals surface area (Å²) in [4.78, 5) is 42.1. The van der Waals surface area contributed by atoms with Gasteiger partial charge >= 0.3 is 0 Å². The molecule has 8 nitrogen and oxygen atoms in total. The number of piperidine rings is 1. The molecule has 0 aliphatic carbocycles. The summed E-state index contributed by atoms with van der Waals surface area (Å²) >= 11 is 1.82. The number of carbonyl (C=O) groups excluding carboxylic acids is 3. The highest BCUT2D eigenvalue weighted by atomic mass is 32.2. The van der Waals surface area contributed by atoms with E-state index in [1.165, 1.54) is 11.1 Å². The van der Waals surface area contributed by atoms with Crippen molar-refractivity contribution in [2.45, 2.75) is 41.6 Å². The van der Waals surface area contributed by atoms with Crippen molar-refractivity contribution < 1.29 is 23.9 Å².